The van der Waals surface area contributed by atoms with Crippen molar-refractivity contribution in [2.24, 2.45) is 0 Å². The average molecular weight is 336 g/mol. The molecule has 0 aliphatic heterocycles. The molecule has 1 aliphatic rings. The zero-order chi connectivity index (χ0) is 16.9. The van der Waals surface area contributed by atoms with Gasteiger partial charge in [0.15, 0.2) is 0 Å². The van der Waals surface area contributed by atoms with Crippen LogP contribution >= 0.6 is 11.3 Å². The molecule has 2 N–H and O–H groups in total. The first-order valence-corrected chi connectivity index (χ1v) is 8.15. The lowest BCUT2D eigenvalue weighted by atomic mass is 10.0. The van der Waals surface area contributed by atoms with Crippen LogP contribution in [0.2, 0.25) is 0 Å². The summed E-state index contributed by atoms with van der Waals surface area (Å²) in [5, 5.41) is 19.5. The first-order chi connectivity index (χ1) is 11.5. The van der Waals surface area contributed by atoms with E-state index in [4.69, 9.17) is 0 Å². The van der Waals surface area contributed by atoms with Gasteiger partial charge in [0.1, 0.15) is 0 Å². The molecule has 4 rings (SSSR count). The third-order valence-corrected chi connectivity index (χ3v) is 5.27. The Bertz CT molecular complexity index is 970. The Morgan fingerprint density at radius 3 is 2.12 bits per heavy atom. The minimum absolute atomic E-state index is 0.0529. The van der Waals surface area contributed by atoms with Crippen LogP contribution in [-0.2, 0) is 0 Å². The third kappa shape index (κ3) is 2.06. The van der Waals surface area contributed by atoms with Gasteiger partial charge >= 0.3 is 0 Å². The third-order valence-electron chi connectivity index (χ3n) is 4.10. The van der Waals surface area contributed by atoms with Crippen LogP contribution in [-0.4, -0.2) is 27.6 Å². The molecule has 118 valence electrons. The summed E-state index contributed by atoms with van der Waals surface area (Å²) in [6, 6.07) is 18.4. The highest BCUT2D eigenvalue weighted by atomic mass is 32.1. The molecule has 5 heteroatoms. The summed E-state index contributed by atoms with van der Waals surface area (Å²) in [5.74, 6) is -4.89. The van der Waals surface area contributed by atoms with Crippen LogP contribution in [0.5, 0.6) is 0 Å². The highest BCUT2D eigenvalue weighted by Gasteiger charge is 2.51. The van der Waals surface area contributed by atoms with E-state index >= 15 is 0 Å². The predicted octanol–water partition coefficient (Wildman–Crippen LogP) is 3.14. The first kappa shape index (κ1) is 15.0. The van der Waals surface area contributed by atoms with E-state index in [-0.39, 0.29) is 11.1 Å². The number of ketones is 2. The summed E-state index contributed by atoms with van der Waals surface area (Å²) >= 11 is 1.48. The van der Waals surface area contributed by atoms with Gasteiger partial charge in [-0.2, -0.15) is 0 Å². The van der Waals surface area contributed by atoms with Crippen LogP contribution in [0.4, 0.5) is 0 Å². The van der Waals surface area contributed by atoms with Gasteiger partial charge < -0.3 is 10.2 Å². The molecule has 4 nitrogen and oxygen atoms in total. The minimum Gasteiger partial charge on any atom is -0.353 e. The second-order valence-corrected chi connectivity index (χ2v) is 6.67. The van der Waals surface area contributed by atoms with Gasteiger partial charge in [0, 0.05) is 26.4 Å². The molecule has 1 aromatic heterocycles. The summed E-state index contributed by atoms with van der Waals surface area (Å²) in [7, 11) is 0. The van der Waals surface area contributed by atoms with E-state index < -0.39 is 17.4 Å². The summed E-state index contributed by atoms with van der Waals surface area (Å²) < 4.78 is 0. The molecule has 0 spiro atoms. The van der Waals surface area contributed by atoms with Gasteiger partial charge in [0.25, 0.3) is 5.79 Å². The molecule has 0 radical (unpaired) electrons. The molecular weight excluding hydrogens is 324 g/mol. The number of Topliss-reactive ketones (excluding diaryl/α,β-unsaturated/α-hetero) is 2. The van der Waals surface area contributed by atoms with Gasteiger partial charge in [-0.05, 0) is 17.7 Å². The molecule has 0 fully saturated rings. The fraction of sp³-hybridized carbons (Fsp3) is 0.0526. The average Bonchev–Trinajstić information content (AvgIpc) is 3.15. The van der Waals surface area contributed by atoms with Crippen LogP contribution in [0.3, 0.4) is 0 Å². The van der Waals surface area contributed by atoms with Crippen molar-refractivity contribution >= 4 is 22.9 Å². The number of rotatable bonds is 2. The zero-order valence-electron chi connectivity index (χ0n) is 12.4. The van der Waals surface area contributed by atoms with Crippen molar-refractivity contribution in [3.63, 3.8) is 0 Å². The lowest BCUT2D eigenvalue weighted by Crippen LogP contribution is -2.40. The van der Waals surface area contributed by atoms with Crippen molar-refractivity contribution in [3.05, 3.63) is 71.8 Å². The van der Waals surface area contributed by atoms with E-state index in [1.54, 1.807) is 12.1 Å². The number of thiophene rings is 1. The van der Waals surface area contributed by atoms with E-state index in [0.717, 1.165) is 15.3 Å². The van der Waals surface area contributed by atoms with Crippen molar-refractivity contribution in [1.82, 2.24) is 0 Å². The van der Waals surface area contributed by atoms with Crippen LogP contribution in [0.15, 0.2) is 60.7 Å². The molecule has 0 bridgehead atoms. The topological polar surface area (TPSA) is 74.6 Å². The molecule has 0 unspecified atom stereocenters. The largest absolute Gasteiger partial charge is 0.353 e. The molecule has 3 aromatic rings. The Labute approximate surface area is 141 Å². The SMILES string of the molecule is O=C1c2cccc(-c3ccc(-c4ccccc4)s3)c2C(=O)C1(O)O. The Morgan fingerprint density at radius 1 is 0.708 bits per heavy atom. The Hall–Kier alpha value is -2.60. The molecule has 0 amide bonds. The minimum atomic E-state index is -2.96. The van der Waals surface area contributed by atoms with Gasteiger partial charge in [0.2, 0.25) is 11.6 Å². The van der Waals surface area contributed by atoms with E-state index in [1.165, 1.54) is 17.4 Å². The number of carbonyl (C=O) groups excluding carboxylic acids is 2. The Balaban J connectivity index is 1.85. The Kier molecular flexibility index (Phi) is 3.25. The summed E-state index contributed by atoms with van der Waals surface area (Å²) in [4.78, 5) is 26.1. The van der Waals surface area contributed by atoms with Crippen molar-refractivity contribution in [1.29, 1.82) is 0 Å². The highest BCUT2D eigenvalue weighted by Crippen LogP contribution is 2.40. The summed E-state index contributed by atoms with van der Waals surface area (Å²) in [6.07, 6.45) is 0. The Morgan fingerprint density at radius 2 is 1.38 bits per heavy atom. The number of aliphatic hydroxyl groups is 2. The van der Waals surface area contributed by atoms with Crippen LogP contribution < -0.4 is 0 Å². The smallest absolute Gasteiger partial charge is 0.295 e. The number of hydrogen-bond acceptors (Lipinski definition) is 5. The van der Waals surface area contributed by atoms with E-state index in [0.29, 0.717) is 5.56 Å². The number of benzene rings is 2. The standard InChI is InChI=1S/C19H12O4S/c20-17-13-8-4-7-12(16(13)18(21)19(17,22)23)15-10-9-14(24-15)11-5-2-1-3-6-11/h1-10,22-23H. The molecule has 0 atom stereocenters. The maximum Gasteiger partial charge on any atom is 0.295 e. The lowest BCUT2D eigenvalue weighted by molar-refractivity contribution is -0.0857. The predicted molar refractivity (Wildman–Crippen MR) is 91.0 cm³/mol. The maximum atomic E-state index is 12.3. The first-order valence-electron chi connectivity index (χ1n) is 7.33. The van der Waals surface area contributed by atoms with E-state index in [2.05, 4.69) is 0 Å². The van der Waals surface area contributed by atoms with Gasteiger partial charge in [-0.1, -0.05) is 48.5 Å². The molecule has 1 heterocycles. The number of fused-ring (bicyclic) bond motifs is 1. The second-order valence-electron chi connectivity index (χ2n) is 5.59. The van der Waals surface area contributed by atoms with Crippen LogP contribution in [0.25, 0.3) is 20.9 Å². The molecule has 1 aliphatic carbocycles. The van der Waals surface area contributed by atoms with Gasteiger partial charge in [-0.25, -0.2) is 0 Å². The molecule has 0 saturated carbocycles. The summed E-state index contributed by atoms with van der Waals surface area (Å²) in [6.45, 7) is 0. The monoisotopic (exact) mass is 336 g/mol. The van der Waals surface area contributed by atoms with Gasteiger partial charge in [0.05, 0.1) is 0 Å². The van der Waals surface area contributed by atoms with Gasteiger partial charge in [-0.3, -0.25) is 9.59 Å². The fourth-order valence-electron chi connectivity index (χ4n) is 2.90. The zero-order valence-corrected chi connectivity index (χ0v) is 13.2. The molecular formula is C19H12O4S. The van der Waals surface area contributed by atoms with E-state index in [9.17, 15) is 19.8 Å². The summed E-state index contributed by atoms with van der Waals surface area (Å²) in [5.41, 5.74) is 1.73. The quantitative estimate of drug-likeness (QED) is 0.557. The van der Waals surface area contributed by atoms with Crippen LogP contribution in [0, 0.1) is 0 Å². The number of carbonyl (C=O) groups is 2. The highest BCUT2D eigenvalue weighted by molar-refractivity contribution is 7.18. The second kappa shape index (κ2) is 5.21. The van der Waals surface area contributed by atoms with Crippen molar-refractivity contribution < 1.29 is 19.8 Å². The molecule has 2 aromatic carbocycles. The van der Waals surface area contributed by atoms with E-state index in [1.807, 2.05) is 42.5 Å². The van der Waals surface area contributed by atoms with Crippen molar-refractivity contribution in [2.45, 2.75) is 5.79 Å². The van der Waals surface area contributed by atoms with Crippen molar-refractivity contribution in [2.75, 3.05) is 0 Å². The van der Waals surface area contributed by atoms with Crippen LogP contribution in [0.1, 0.15) is 20.7 Å². The molecule has 0 saturated heterocycles. The lowest BCUT2D eigenvalue weighted by Gasteiger charge is -2.09. The number of hydrogen-bond donors (Lipinski definition) is 2. The molecule has 24 heavy (non-hydrogen) atoms. The maximum absolute atomic E-state index is 12.3. The normalized spacial score (nSPS) is 15.6. The van der Waals surface area contributed by atoms with Crippen molar-refractivity contribution in [3.8, 4) is 20.9 Å². The van der Waals surface area contributed by atoms with Gasteiger partial charge in [-0.15, -0.1) is 11.3 Å². The fourth-order valence-corrected chi connectivity index (χ4v) is 3.94.